The predicted molar refractivity (Wildman–Crippen MR) is 90.9 cm³/mol. The molecule has 0 unspecified atom stereocenters. The number of hydrogen-bond acceptors (Lipinski definition) is 2. The van der Waals surface area contributed by atoms with Crippen LogP contribution in [-0.2, 0) is 13.0 Å². The van der Waals surface area contributed by atoms with Crippen molar-refractivity contribution in [1.82, 2.24) is 4.57 Å². The third kappa shape index (κ3) is 2.73. The molecular weight excluding hydrogens is 272 g/mol. The van der Waals surface area contributed by atoms with Crippen LogP contribution in [0.15, 0.2) is 41.2 Å². The Morgan fingerprint density at radius 3 is 2.36 bits per heavy atom. The molecule has 2 N–H and O–H groups in total. The maximum absolute atomic E-state index is 12.8. The van der Waals surface area contributed by atoms with Crippen molar-refractivity contribution >= 4 is 0 Å². The van der Waals surface area contributed by atoms with Crippen molar-refractivity contribution in [1.29, 1.82) is 0 Å². The molecule has 1 aliphatic carbocycles. The van der Waals surface area contributed by atoms with Crippen LogP contribution in [0.25, 0.3) is 11.3 Å². The molecule has 3 nitrogen and oxygen atoms in total. The lowest BCUT2D eigenvalue weighted by Gasteiger charge is -2.20. The molecule has 1 heterocycles. The lowest BCUT2D eigenvalue weighted by Crippen LogP contribution is -2.29. The molecule has 2 aromatic rings. The Kier molecular flexibility index (Phi) is 4.44. The summed E-state index contributed by atoms with van der Waals surface area (Å²) in [4.78, 5) is 12.8. The molecule has 0 radical (unpaired) electrons. The Morgan fingerprint density at radius 1 is 1.09 bits per heavy atom. The number of hydrogen-bond donors (Lipinski definition) is 1. The van der Waals surface area contributed by atoms with Crippen molar-refractivity contribution in [3.63, 3.8) is 0 Å². The number of benzene rings is 1. The van der Waals surface area contributed by atoms with Crippen LogP contribution >= 0.6 is 0 Å². The van der Waals surface area contributed by atoms with Gasteiger partial charge in [0.15, 0.2) is 0 Å². The van der Waals surface area contributed by atoms with Gasteiger partial charge in [0.2, 0.25) is 0 Å². The molecule has 1 fully saturated rings. The number of nitrogens with zero attached hydrogens (tertiary/aromatic N) is 1. The zero-order valence-electron chi connectivity index (χ0n) is 13.2. The summed E-state index contributed by atoms with van der Waals surface area (Å²) in [6.07, 6.45) is 5.63. The zero-order valence-corrected chi connectivity index (χ0v) is 13.2. The van der Waals surface area contributed by atoms with E-state index in [1.165, 1.54) is 18.4 Å². The third-order valence-electron chi connectivity index (χ3n) is 4.76. The molecule has 0 saturated heterocycles. The topological polar surface area (TPSA) is 48.0 Å². The van der Waals surface area contributed by atoms with Gasteiger partial charge in [0.05, 0.1) is 5.69 Å². The summed E-state index contributed by atoms with van der Waals surface area (Å²) < 4.78 is 2.00. The molecule has 1 aliphatic rings. The van der Waals surface area contributed by atoms with E-state index in [9.17, 15) is 4.79 Å². The fraction of sp³-hybridized carbons (Fsp3) is 0.421. The Hall–Kier alpha value is -1.87. The van der Waals surface area contributed by atoms with Crippen LogP contribution in [0.2, 0.25) is 0 Å². The van der Waals surface area contributed by atoms with E-state index in [1.807, 2.05) is 10.6 Å². The van der Waals surface area contributed by atoms with Crippen LogP contribution in [0.4, 0.5) is 0 Å². The standard InChI is InChI=1S/C19H24N2O/c1-2-14-7-9-15(10-8-14)18-12-11-16(13-20)19(22)21(18)17-5-3-4-6-17/h7-12,17H,2-6,13,20H2,1H3. The van der Waals surface area contributed by atoms with E-state index >= 15 is 0 Å². The van der Waals surface area contributed by atoms with E-state index in [-0.39, 0.29) is 5.56 Å². The molecule has 0 bridgehead atoms. The van der Waals surface area contributed by atoms with Crippen molar-refractivity contribution < 1.29 is 0 Å². The van der Waals surface area contributed by atoms with E-state index in [0.29, 0.717) is 18.2 Å². The summed E-state index contributed by atoms with van der Waals surface area (Å²) >= 11 is 0. The summed E-state index contributed by atoms with van der Waals surface area (Å²) in [5.74, 6) is 0. The molecule has 1 aromatic carbocycles. The molecule has 0 amide bonds. The Labute approximate surface area is 131 Å². The zero-order chi connectivity index (χ0) is 15.5. The van der Waals surface area contributed by atoms with E-state index in [2.05, 4.69) is 37.3 Å². The van der Waals surface area contributed by atoms with Crippen molar-refractivity contribution in [3.05, 3.63) is 57.9 Å². The largest absolute Gasteiger partial charge is 0.326 e. The SMILES string of the molecule is CCc1ccc(-c2ccc(CN)c(=O)n2C2CCCC2)cc1. The van der Waals surface area contributed by atoms with Gasteiger partial charge in [-0.15, -0.1) is 0 Å². The highest BCUT2D eigenvalue weighted by Crippen LogP contribution is 2.32. The summed E-state index contributed by atoms with van der Waals surface area (Å²) in [6.45, 7) is 2.46. The first kappa shape index (κ1) is 15.0. The van der Waals surface area contributed by atoms with Gasteiger partial charge < -0.3 is 10.3 Å². The molecule has 0 spiro atoms. The minimum atomic E-state index is 0.0893. The van der Waals surface area contributed by atoms with Gasteiger partial charge in [0.25, 0.3) is 5.56 Å². The maximum Gasteiger partial charge on any atom is 0.255 e. The van der Waals surface area contributed by atoms with Crippen LogP contribution in [-0.4, -0.2) is 4.57 Å². The van der Waals surface area contributed by atoms with Crippen LogP contribution in [0, 0.1) is 0 Å². The number of rotatable bonds is 4. The second-order valence-corrected chi connectivity index (χ2v) is 6.11. The monoisotopic (exact) mass is 296 g/mol. The van der Waals surface area contributed by atoms with Crippen LogP contribution < -0.4 is 11.3 Å². The van der Waals surface area contributed by atoms with Gasteiger partial charge in [-0.3, -0.25) is 4.79 Å². The second-order valence-electron chi connectivity index (χ2n) is 6.11. The van der Waals surface area contributed by atoms with E-state index < -0.39 is 0 Å². The van der Waals surface area contributed by atoms with Gasteiger partial charge in [-0.1, -0.05) is 50.1 Å². The van der Waals surface area contributed by atoms with Gasteiger partial charge in [0.1, 0.15) is 0 Å². The number of aryl methyl sites for hydroxylation is 1. The van der Waals surface area contributed by atoms with E-state index in [0.717, 1.165) is 30.5 Å². The minimum absolute atomic E-state index is 0.0893. The molecule has 1 aromatic heterocycles. The van der Waals surface area contributed by atoms with Gasteiger partial charge in [0, 0.05) is 18.2 Å². The number of aromatic nitrogens is 1. The van der Waals surface area contributed by atoms with Gasteiger partial charge in [-0.2, -0.15) is 0 Å². The predicted octanol–water partition coefficient (Wildman–Crippen LogP) is 3.65. The van der Waals surface area contributed by atoms with Crippen molar-refractivity contribution in [3.8, 4) is 11.3 Å². The molecule has 22 heavy (non-hydrogen) atoms. The molecule has 1 saturated carbocycles. The molecule has 3 heteroatoms. The normalized spacial score (nSPS) is 15.4. The van der Waals surface area contributed by atoms with Gasteiger partial charge in [-0.25, -0.2) is 0 Å². The molecule has 3 rings (SSSR count). The van der Waals surface area contributed by atoms with Crippen LogP contribution in [0.3, 0.4) is 0 Å². The summed E-state index contributed by atoms with van der Waals surface area (Å²) in [7, 11) is 0. The summed E-state index contributed by atoms with van der Waals surface area (Å²) in [6, 6.07) is 12.8. The minimum Gasteiger partial charge on any atom is -0.326 e. The smallest absolute Gasteiger partial charge is 0.255 e. The van der Waals surface area contributed by atoms with Gasteiger partial charge >= 0.3 is 0 Å². The van der Waals surface area contributed by atoms with Crippen molar-refractivity contribution in [2.45, 2.75) is 51.6 Å². The molecule has 0 atom stereocenters. The summed E-state index contributed by atoms with van der Waals surface area (Å²) in [5, 5.41) is 0. The maximum atomic E-state index is 12.8. The third-order valence-corrected chi connectivity index (χ3v) is 4.76. The fourth-order valence-electron chi connectivity index (χ4n) is 3.42. The Morgan fingerprint density at radius 2 is 1.77 bits per heavy atom. The first-order chi connectivity index (χ1) is 10.7. The van der Waals surface area contributed by atoms with E-state index in [4.69, 9.17) is 5.73 Å². The van der Waals surface area contributed by atoms with Crippen LogP contribution in [0.5, 0.6) is 0 Å². The quantitative estimate of drug-likeness (QED) is 0.936. The molecule has 0 aliphatic heterocycles. The molecule has 116 valence electrons. The molecular formula is C19H24N2O. The number of pyridine rings is 1. The Balaban J connectivity index is 2.13. The average molecular weight is 296 g/mol. The first-order valence-electron chi connectivity index (χ1n) is 8.28. The highest BCUT2D eigenvalue weighted by atomic mass is 16.1. The Bertz CT molecular complexity index is 694. The first-order valence-corrected chi connectivity index (χ1v) is 8.28. The highest BCUT2D eigenvalue weighted by Gasteiger charge is 2.22. The second kappa shape index (κ2) is 6.49. The van der Waals surface area contributed by atoms with Crippen molar-refractivity contribution in [2.24, 2.45) is 5.73 Å². The van der Waals surface area contributed by atoms with Crippen LogP contribution in [0.1, 0.15) is 49.8 Å². The number of nitrogens with two attached hydrogens (primary N) is 1. The summed E-state index contributed by atoms with van der Waals surface area (Å²) in [5.41, 5.74) is 9.99. The fourth-order valence-corrected chi connectivity index (χ4v) is 3.42. The average Bonchev–Trinajstić information content (AvgIpc) is 3.08. The lowest BCUT2D eigenvalue weighted by molar-refractivity contribution is 0.504. The van der Waals surface area contributed by atoms with E-state index in [1.54, 1.807) is 0 Å². The lowest BCUT2D eigenvalue weighted by atomic mass is 10.0. The van der Waals surface area contributed by atoms with Crippen molar-refractivity contribution in [2.75, 3.05) is 0 Å². The highest BCUT2D eigenvalue weighted by molar-refractivity contribution is 5.60. The van der Waals surface area contributed by atoms with Gasteiger partial charge in [-0.05, 0) is 36.5 Å².